The summed E-state index contributed by atoms with van der Waals surface area (Å²) in [6.45, 7) is 6.51. The zero-order chi connectivity index (χ0) is 11.3. The Hall–Kier alpha value is -1.65. The van der Waals surface area contributed by atoms with Crippen molar-refractivity contribution < 1.29 is 4.79 Å². The maximum Gasteiger partial charge on any atom is 0.239 e. The van der Waals surface area contributed by atoms with Gasteiger partial charge in [0.05, 0.1) is 6.54 Å². The van der Waals surface area contributed by atoms with Crippen LogP contribution in [0, 0.1) is 13.8 Å². The van der Waals surface area contributed by atoms with Crippen LogP contribution in [0.2, 0.25) is 0 Å². The van der Waals surface area contributed by atoms with Crippen molar-refractivity contribution in [3.05, 3.63) is 17.5 Å². The number of likely N-dealkylation sites (N-methyl/N-ethyl adjacent to an activating group) is 1. The van der Waals surface area contributed by atoms with Gasteiger partial charge in [-0.05, 0) is 26.8 Å². The van der Waals surface area contributed by atoms with E-state index in [-0.39, 0.29) is 12.5 Å². The highest BCUT2D eigenvalue weighted by Gasteiger charge is 2.02. The van der Waals surface area contributed by atoms with Gasteiger partial charge in [-0.25, -0.2) is 9.97 Å². The molecule has 2 N–H and O–H groups in total. The van der Waals surface area contributed by atoms with Crippen molar-refractivity contribution in [2.75, 3.05) is 18.4 Å². The lowest BCUT2D eigenvalue weighted by atomic mass is 10.4. The molecule has 1 amide bonds. The van der Waals surface area contributed by atoms with E-state index in [1.54, 1.807) is 0 Å². The van der Waals surface area contributed by atoms with Crippen LogP contribution in [-0.4, -0.2) is 29.0 Å². The van der Waals surface area contributed by atoms with E-state index < -0.39 is 0 Å². The first-order valence-corrected chi connectivity index (χ1v) is 4.94. The number of nitrogens with zero attached hydrogens (tertiary/aromatic N) is 2. The average molecular weight is 208 g/mol. The highest BCUT2D eigenvalue weighted by atomic mass is 16.1. The van der Waals surface area contributed by atoms with E-state index in [2.05, 4.69) is 20.6 Å². The van der Waals surface area contributed by atoms with Gasteiger partial charge in [-0.15, -0.1) is 0 Å². The van der Waals surface area contributed by atoms with Crippen molar-refractivity contribution in [1.29, 1.82) is 0 Å². The second kappa shape index (κ2) is 5.29. The molecule has 1 aromatic heterocycles. The first-order valence-electron chi connectivity index (χ1n) is 4.94. The number of hydrogen-bond acceptors (Lipinski definition) is 4. The molecule has 0 aromatic carbocycles. The van der Waals surface area contributed by atoms with E-state index in [1.165, 1.54) is 0 Å². The van der Waals surface area contributed by atoms with Gasteiger partial charge in [-0.3, -0.25) is 4.79 Å². The molecule has 5 heteroatoms. The first-order chi connectivity index (χ1) is 7.11. The van der Waals surface area contributed by atoms with Gasteiger partial charge < -0.3 is 10.6 Å². The molecular formula is C10H16N4O. The minimum Gasteiger partial charge on any atom is -0.355 e. The van der Waals surface area contributed by atoms with E-state index in [4.69, 9.17) is 0 Å². The predicted molar refractivity (Wildman–Crippen MR) is 58.7 cm³/mol. The highest BCUT2D eigenvalue weighted by molar-refractivity contribution is 5.80. The van der Waals surface area contributed by atoms with Crippen molar-refractivity contribution >= 4 is 11.9 Å². The normalized spacial score (nSPS) is 9.80. The summed E-state index contributed by atoms with van der Waals surface area (Å²) >= 11 is 0. The molecule has 0 bridgehead atoms. The molecule has 0 aliphatic heterocycles. The number of aryl methyl sites for hydroxylation is 2. The van der Waals surface area contributed by atoms with Crippen LogP contribution in [0.1, 0.15) is 18.3 Å². The zero-order valence-corrected chi connectivity index (χ0v) is 9.29. The van der Waals surface area contributed by atoms with Gasteiger partial charge in [0, 0.05) is 17.9 Å². The molecule has 0 radical (unpaired) electrons. The zero-order valence-electron chi connectivity index (χ0n) is 9.29. The number of carbonyl (C=O) groups is 1. The van der Waals surface area contributed by atoms with Crippen LogP contribution in [-0.2, 0) is 4.79 Å². The maximum atomic E-state index is 11.2. The van der Waals surface area contributed by atoms with Crippen molar-refractivity contribution in [3.63, 3.8) is 0 Å². The quantitative estimate of drug-likeness (QED) is 0.762. The maximum absolute atomic E-state index is 11.2. The molecule has 1 rings (SSSR count). The van der Waals surface area contributed by atoms with Gasteiger partial charge in [0.2, 0.25) is 11.9 Å². The summed E-state index contributed by atoms with van der Waals surface area (Å²) < 4.78 is 0. The molecule has 82 valence electrons. The van der Waals surface area contributed by atoms with Gasteiger partial charge >= 0.3 is 0 Å². The lowest BCUT2D eigenvalue weighted by molar-refractivity contribution is -0.119. The van der Waals surface area contributed by atoms with Crippen LogP contribution in [0.5, 0.6) is 0 Å². The number of carbonyl (C=O) groups excluding carboxylic acids is 1. The molecule has 0 aliphatic carbocycles. The third-order valence-corrected chi connectivity index (χ3v) is 1.76. The van der Waals surface area contributed by atoms with E-state index in [1.807, 2.05) is 26.8 Å². The van der Waals surface area contributed by atoms with Crippen LogP contribution >= 0.6 is 0 Å². The Morgan fingerprint density at radius 2 is 1.93 bits per heavy atom. The van der Waals surface area contributed by atoms with Gasteiger partial charge in [-0.1, -0.05) is 0 Å². The monoisotopic (exact) mass is 208 g/mol. The first kappa shape index (κ1) is 11.4. The number of amides is 1. The van der Waals surface area contributed by atoms with E-state index in [0.29, 0.717) is 12.5 Å². The van der Waals surface area contributed by atoms with E-state index in [0.717, 1.165) is 11.4 Å². The molecule has 0 fully saturated rings. The fraction of sp³-hybridized carbons (Fsp3) is 0.500. The molecule has 1 aromatic rings. The smallest absolute Gasteiger partial charge is 0.239 e. The van der Waals surface area contributed by atoms with Crippen LogP contribution < -0.4 is 10.6 Å². The molecule has 1 heterocycles. The fourth-order valence-corrected chi connectivity index (χ4v) is 1.22. The lowest BCUT2D eigenvalue weighted by Crippen LogP contribution is -2.29. The number of hydrogen-bond donors (Lipinski definition) is 2. The summed E-state index contributed by atoms with van der Waals surface area (Å²) in [6, 6.07) is 1.89. The largest absolute Gasteiger partial charge is 0.355 e. The molecule has 0 spiro atoms. The summed E-state index contributed by atoms with van der Waals surface area (Å²) in [6.07, 6.45) is 0. The van der Waals surface area contributed by atoms with Crippen molar-refractivity contribution in [2.24, 2.45) is 0 Å². The highest BCUT2D eigenvalue weighted by Crippen LogP contribution is 2.02. The third kappa shape index (κ3) is 3.93. The summed E-state index contributed by atoms with van der Waals surface area (Å²) in [4.78, 5) is 19.5. The SMILES string of the molecule is CCNC(=O)CNc1nc(C)cc(C)n1. The second-order valence-electron chi connectivity index (χ2n) is 3.28. The van der Waals surface area contributed by atoms with E-state index in [9.17, 15) is 4.79 Å². The van der Waals surface area contributed by atoms with Gasteiger partial charge in [0.15, 0.2) is 0 Å². The molecule has 0 unspecified atom stereocenters. The van der Waals surface area contributed by atoms with Crippen molar-refractivity contribution in [2.45, 2.75) is 20.8 Å². The summed E-state index contributed by atoms with van der Waals surface area (Å²) in [5.74, 6) is 0.444. The van der Waals surface area contributed by atoms with Crippen LogP contribution in [0.3, 0.4) is 0 Å². The Balaban J connectivity index is 2.54. The second-order valence-corrected chi connectivity index (χ2v) is 3.28. The Morgan fingerprint density at radius 1 is 1.33 bits per heavy atom. The minimum absolute atomic E-state index is 0.0553. The van der Waals surface area contributed by atoms with Gasteiger partial charge in [0.1, 0.15) is 0 Å². The lowest BCUT2D eigenvalue weighted by Gasteiger charge is -2.06. The summed E-state index contributed by atoms with van der Waals surface area (Å²) in [5, 5.41) is 5.56. The predicted octanol–water partition coefficient (Wildman–Crippen LogP) is 0.641. The molecular weight excluding hydrogens is 192 g/mol. The van der Waals surface area contributed by atoms with Gasteiger partial charge in [-0.2, -0.15) is 0 Å². The van der Waals surface area contributed by atoms with Crippen LogP contribution in [0.4, 0.5) is 5.95 Å². The Kier molecular flexibility index (Phi) is 4.03. The number of aromatic nitrogens is 2. The Bertz CT molecular complexity index is 331. The van der Waals surface area contributed by atoms with Crippen LogP contribution in [0.25, 0.3) is 0 Å². The van der Waals surface area contributed by atoms with E-state index >= 15 is 0 Å². The number of rotatable bonds is 4. The molecule has 0 atom stereocenters. The molecule has 5 nitrogen and oxygen atoms in total. The summed E-state index contributed by atoms with van der Waals surface area (Å²) in [5.41, 5.74) is 1.78. The topological polar surface area (TPSA) is 66.9 Å². The van der Waals surface area contributed by atoms with Crippen LogP contribution in [0.15, 0.2) is 6.07 Å². The Morgan fingerprint density at radius 3 is 2.47 bits per heavy atom. The fourth-order valence-electron chi connectivity index (χ4n) is 1.22. The molecule has 0 saturated carbocycles. The minimum atomic E-state index is -0.0553. The molecule has 0 aliphatic rings. The standard InChI is InChI=1S/C10H16N4O/c1-4-11-9(15)6-12-10-13-7(2)5-8(3)14-10/h5H,4,6H2,1-3H3,(H,11,15)(H,12,13,14). The number of nitrogens with one attached hydrogen (secondary N) is 2. The molecule has 15 heavy (non-hydrogen) atoms. The Labute approximate surface area is 89.3 Å². The van der Waals surface area contributed by atoms with Crippen molar-refractivity contribution in [3.8, 4) is 0 Å². The number of anilines is 1. The molecule has 0 saturated heterocycles. The summed E-state index contributed by atoms with van der Waals surface area (Å²) in [7, 11) is 0. The average Bonchev–Trinajstić information content (AvgIpc) is 2.14. The van der Waals surface area contributed by atoms with Gasteiger partial charge in [0.25, 0.3) is 0 Å². The van der Waals surface area contributed by atoms with Crippen molar-refractivity contribution in [1.82, 2.24) is 15.3 Å². The third-order valence-electron chi connectivity index (χ3n) is 1.76.